The van der Waals surface area contributed by atoms with Crippen LogP contribution in [0.3, 0.4) is 0 Å². The molecule has 1 aliphatic rings. The topological polar surface area (TPSA) is 119 Å². The molecule has 0 bridgehead atoms. The Morgan fingerprint density at radius 2 is 2.03 bits per heavy atom. The molecule has 0 fully saturated rings. The van der Waals surface area contributed by atoms with Crippen LogP contribution in [0.25, 0.3) is 11.1 Å². The second-order valence-corrected chi connectivity index (χ2v) is 8.64. The predicted molar refractivity (Wildman–Crippen MR) is 108 cm³/mol. The number of sulfonamides is 1. The summed E-state index contributed by atoms with van der Waals surface area (Å²) in [5.74, 6) is -0.149. The number of nitrogens with zero attached hydrogens (tertiary/aromatic N) is 2. The van der Waals surface area contributed by atoms with Crippen LogP contribution in [0.15, 0.2) is 23.1 Å². The number of hydrogen-bond acceptors (Lipinski definition) is 6. The molecule has 0 spiro atoms. The minimum Gasteiger partial charge on any atom is -0.495 e. The largest absolute Gasteiger partial charge is 0.495 e. The number of hydrogen-bond donors (Lipinski definition) is 2. The first-order chi connectivity index (χ1) is 13.7. The van der Waals surface area contributed by atoms with E-state index in [9.17, 15) is 18.0 Å². The van der Waals surface area contributed by atoms with Crippen LogP contribution in [0.5, 0.6) is 5.75 Å². The van der Waals surface area contributed by atoms with Crippen molar-refractivity contribution in [2.45, 2.75) is 51.0 Å². The molecule has 1 aromatic heterocycles. The van der Waals surface area contributed by atoms with E-state index in [2.05, 4.69) is 15.1 Å². The number of aryl methyl sites for hydroxylation is 1. The van der Waals surface area contributed by atoms with Gasteiger partial charge in [-0.2, -0.15) is 9.78 Å². The molecule has 2 aromatic rings. The molecule has 9 nitrogen and oxygen atoms in total. The fraction of sp³-hybridized carbons (Fsp3) is 0.421. The van der Waals surface area contributed by atoms with Crippen LogP contribution >= 0.6 is 0 Å². The monoisotopic (exact) mass is 420 g/mol. The van der Waals surface area contributed by atoms with Crippen molar-refractivity contribution in [1.82, 2.24) is 14.5 Å². The maximum atomic E-state index is 12.9. The predicted octanol–water partition coefficient (Wildman–Crippen LogP) is 2.32. The molecule has 156 valence electrons. The lowest BCUT2D eigenvalue weighted by molar-refractivity contribution is -0.116. The molecule has 1 unspecified atom stereocenters. The van der Waals surface area contributed by atoms with Crippen molar-refractivity contribution in [3.8, 4) is 16.9 Å². The Balaban J connectivity index is 2.17. The normalized spacial score (nSPS) is 15.4. The molecule has 3 rings (SSSR count). The van der Waals surface area contributed by atoms with Gasteiger partial charge in [-0.05, 0) is 38.0 Å². The summed E-state index contributed by atoms with van der Waals surface area (Å²) in [6.45, 7) is 5.36. The highest BCUT2D eigenvalue weighted by Gasteiger charge is 2.28. The van der Waals surface area contributed by atoms with Crippen LogP contribution in [0.2, 0.25) is 0 Å². The number of nitrogens with one attached hydrogen (secondary N) is 2. The molecule has 0 saturated carbocycles. The number of fused-ring (bicyclic) bond motifs is 1. The number of amides is 1. The first-order valence-corrected chi connectivity index (χ1v) is 10.8. The van der Waals surface area contributed by atoms with E-state index >= 15 is 0 Å². The molecule has 0 saturated heterocycles. The standard InChI is InChI=1S/C19H24N4O5S/c1-5-11(2)22-29(26,27)15-10-13(6-7-14(15)28-4)18-12(3)21-23-17(25)9-8-16(24)20-19(18)23/h6-7,10-11,22H,5,8-9H2,1-4H3,(H,20,24). The first-order valence-electron chi connectivity index (χ1n) is 9.31. The van der Waals surface area contributed by atoms with Crippen LogP contribution in [0, 0.1) is 6.92 Å². The lowest BCUT2D eigenvalue weighted by Crippen LogP contribution is -2.32. The van der Waals surface area contributed by atoms with E-state index in [1.807, 2.05) is 6.92 Å². The number of carbonyl (C=O) groups is 2. The van der Waals surface area contributed by atoms with Crippen LogP contribution in [-0.4, -0.2) is 43.2 Å². The molecule has 2 N–H and O–H groups in total. The highest BCUT2D eigenvalue weighted by Crippen LogP contribution is 2.36. The number of ether oxygens (including phenoxy) is 1. The Labute approximate surface area is 169 Å². The third kappa shape index (κ3) is 4.03. The van der Waals surface area contributed by atoms with Gasteiger partial charge in [0.05, 0.1) is 12.8 Å². The van der Waals surface area contributed by atoms with Crippen molar-refractivity contribution in [2.24, 2.45) is 0 Å². The van der Waals surface area contributed by atoms with Crippen LogP contribution < -0.4 is 14.8 Å². The van der Waals surface area contributed by atoms with E-state index in [0.717, 1.165) is 0 Å². The fourth-order valence-corrected chi connectivity index (χ4v) is 4.67. The van der Waals surface area contributed by atoms with Crippen LogP contribution in [0.4, 0.5) is 5.82 Å². The third-order valence-electron chi connectivity index (χ3n) is 4.83. The third-order valence-corrected chi connectivity index (χ3v) is 6.44. The minimum atomic E-state index is -3.85. The van der Waals surface area contributed by atoms with Gasteiger partial charge in [0, 0.05) is 24.4 Å². The quantitative estimate of drug-likeness (QED) is 0.740. The summed E-state index contributed by atoms with van der Waals surface area (Å²) in [4.78, 5) is 24.3. The van der Waals surface area contributed by atoms with E-state index in [4.69, 9.17) is 4.74 Å². The maximum absolute atomic E-state index is 12.9. The second kappa shape index (κ2) is 7.96. The van der Waals surface area contributed by atoms with E-state index < -0.39 is 10.0 Å². The highest BCUT2D eigenvalue weighted by atomic mass is 32.2. The van der Waals surface area contributed by atoms with E-state index in [1.165, 1.54) is 17.9 Å². The van der Waals surface area contributed by atoms with Gasteiger partial charge in [-0.1, -0.05) is 13.0 Å². The van der Waals surface area contributed by atoms with Crippen molar-refractivity contribution in [2.75, 3.05) is 12.4 Å². The average Bonchev–Trinajstić information content (AvgIpc) is 2.93. The van der Waals surface area contributed by atoms with Crippen molar-refractivity contribution in [3.05, 3.63) is 23.9 Å². The molecule has 0 radical (unpaired) electrons. The molecule has 1 atom stereocenters. The number of aromatic nitrogens is 2. The molecule has 1 aromatic carbocycles. The highest BCUT2D eigenvalue weighted by molar-refractivity contribution is 7.89. The van der Waals surface area contributed by atoms with Gasteiger partial charge in [-0.3, -0.25) is 9.59 Å². The van der Waals surface area contributed by atoms with Gasteiger partial charge >= 0.3 is 0 Å². The van der Waals surface area contributed by atoms with E-state index in [0.29, 0.717) is 23.2 Å². The summed E-state index contributed by atoms with van der Waals surface area (Å²) in [7, 11) is -2.45. The van der Waals surface area contributed by atoms with Crippen LogP contribution in [0.1, 0.15) is 43.6 Å². The zero-order valence-corrected chi connectivity index (χ0v) is 17.6. The van der Waals surface area contributed by atoms with Crippen molar-refractivity contribution >= 4 is 27.7 Å². The summed E-state index contributed by atoms with van der Waals surface area (Å²) in [5.41, 5.74) is 1.50. The van der Waals surface area contributed by atoms with Gasteiger partial charge in [-0.15, -0.1) is 0 Å². The van der Waals surface area contributed by atoms with Crippen molar-refractivity contribution in [3.63, 3.8) is 0 Å². The van der Waals surface area contributed by atoms with E-state index in [1.54, 1.807) is 26.0 Å². The molecule has 0 aliphatic carbocycles. The Bertz CT molecular complexity index is 1070. The molecule has 1 amide bonds. The number of rotatable bonds is 6. The van der Waals surface area contributed by atoms with Crippen molar-refractivity contribution < 1.29 is 22.7 Å². The summed E-state index contributed by atoms with van der Waals surface area (Å²) in [5, 5.41) is 6.97. The van der Waals surface area contributed by atoms with Gasteiger partial charge in [0.15, 0.2) is 0 Å². The SMILES string of the molecule is CCC(C)NS(=O)(=O)c1cc(-c2c(C)nn3c2NC(=O)CCC3=O)ccc1OC. The molecule has 2 heterocycles. The summed E-state index contributed by atoms with van der Waals surface area (Å²) < 4.78 is 34.8. The molecule has 1 aliphatic heterocycles. The van der Waals surface area contributed by atoms with Gasteiger partial charge in [0.25, 0.3) is 0 Å². The van der Waals surface area contributed by atoms with Gasteiger partial charge in [0.1, 0.15) is 16.5 Å². The Hall–Kier alpha value is -2.72. The number of carbonyl (C=O) groups excluding carboxylic acids is 2. The zero-order chi connectivity index (χ0) is 21.3. The Kier molecular flexibility index (Phi) is 5.76. The molecule has 10 heteroatoms. The Morgan fingerprint density at radius 3 is 2.69 bits per heavy atom. The number of methoxy groups -OCH3 is 1. The minimum absolute atomic E-state index is 0.0246. The molecular formula is C19H24N4O5S. The summed E-state index contributed by atoms with van der Waals surface area (Å²) in [6.07, 6.45) is 0.758. The lowest BCUT2D eigenvalue weighted by Gasteiger charge is -2.16. The average molecular weight is 420 g/mol. The number of anilines is 1. The number of benzene rings is 1. The first kappa shape index (κ1) is 21.0. The molecule has 29 heavy (non-hydrogen) atoms. The summed E-state index contributed by atoms with van der Waals surface area (Å²) in [6, 6.07) is 4.44. The van der Waals surface area contributed by atoms with Gasteiger partial charge < -0.3 is 10.1 Å². The van der Waals surface area contributed by atoms with Gasteiger partial charge in [0.2, 0.25) is 21.8 Å². The maximum Gasteiger partial charge on any atom is 0.249 e. The van der Waals surface area contributed by atoms with Crippen molar-refractivity contribution in [1.29, 1.82) is 0 Å². The van der Waals surface area contributed by atoms with Gasteiger partial charge in [-0.25, -0.2) is 13.1 Å². The smallest absolute Gasteiger partial charge is 0.249 e. The van der Waals surface area contributed by atoms with E-state index in [-0.39, 0.29) is 47.2 Å². The fourth-order valence-electron chi connectivity index (χ4n) is 3.14. The Morgan fingerprint density at radius 1 is 1.31 bits per heavy atom. The molecular weight excluding hydrogens is 396 g/mol. The zero-order valence-electron chi connectivity index (χ0n) is 16.8. The summed E-state index contributed by atoms with van der Waals surface area (Å²) >= 11 is 0. The second-order valence-electron chi connectivity index (χ2n) is 6.96. The lowest BCUT2D eigenvalue weighted by atomic mass is 10.1. The van der Waals surface area contributed by atoms with Crippen LogP contribution in [-0.2, 0) is 14.8 Å².